The molecule has 0 heterocycles. The largest absolute Gasteiger partial charge is 0.388 e. The van der Waals surface area contributed by atoms with Gasteiger partial charge in [-0.2, -0.15) is 0 Å². The van der Waals surface area contributed by atoms with Crippen LogP contribution in [0.1, 0.15) is 25.8 Å². The van der Waals surface area contributed by atoms with Gasteiger partial charge in [0.05, 0.1) is 0 Å². The second kappa shape index (κ2) is 8.23. The third kappa shape index (κ3) is 5.31. The van der Waals surface area contributed by atoms with Crippen LogP contribution in [0.5, 0.6) is 0 Å². The van der Waals surface area contributed by atoms with E-state index in [4.69, 9.17) is 9.47 Å². The summed E-state index contributed by atoms with van der Waals surface area (Å²) in [6.45, 7) is 4.89. The quantitative estimate of drug-likeness (QED) is 0.707. The van der Waals surface area contributed by atoms with Crippen molar-refractivity contribution in [1.82, 2.24) is 0 Å². The maximum atomic E-state index is 9.98. The van der Waals surface area contributed by atoms with Gasteiger partial charge in [0.2, 0.25) is 0 Å². The molecule has 0 aliphatic rings. The average Bonchev–Trinajstić information content (AvgIpc) is 2.37. The van der Waals surface area contributed by atoms with E-state index < -0.39 is 12.4 Å². The van der Waals surface area contributed by atoms with Gasteiger partial charge in [-0.3, -0.25) is 0 Å². The highest BCUT2D eigenvalue weighted by atomic mass is 16.7. The molecular formula is C14H22O3. The Hall–Kier alpha value is -0.900. The Kier molecular flexibility index (Phi) is 6.86. The number of benzene rings is 1. The number of aliphatic hydroxyl groups excluding tert-OH is 1. The molecule has 0 saturated carbocycles. The zero-order valence-electron chi connectivity index (χ0n) is 10.6. The number of ether oxygens (including phenoxy) is 2. The lowest BCUT2D eigenvalue weighted by molar-refractivity contribution is -0.190. The molecule has 0 bridgehead atoms. The Labute approximate surface area is 103 Å². The van der Waals surface area contributed by atoms with Crippen LogP contribution in [0.4, 0.5) is 0 Å². The van der Waals surface area contributed by atoms with Crippen molar-refractivity contribution in [2.24, 2.45) is 0 Å². The Morgan fingerprint density at radius 2 is 1.65 bits per heavy atom. The number of hydrogen-bond donors (Lipinski definition) is 1. The van der Waals surface area contributed by atoms with Crippen LogP contribution in [0.15, 0.2) is 30.3 Å². The minimum Gasteiger partial charge on any atom is -0.388 e. The Morgan fingerprint density at radius 1 is 1.06 bits per heavy atom. The highest BCUT2D eigenvalue weighted by Crippen LogP contribution is 2.10. The van der Waals surface area contributed by atoms with E-state index in [1.54, 1.807) is 0 Å². The molecule has 0 saturated heterocycles. The fraction of sp³-hybridized carbons (Fsp3) is 0.571. The Bertz CT molecular complexity index is 281. The van der Waals surface area contributed by atoms with Gasteiger partial charge in [0, 0.05) is 13.2 Å². The summed E-state index contributed by atoms with van der Waals surface area (Å²) in [6, 6.07) is 10.1. The first-order chi connectivity index (χ1) is 8.27. The van der Waals surface area contributed by atoms with Crippen LogP contribution in [0.25, 0.3) is 0 Å². The van der Waals surface area contributed by atoms with Crippen molar-refractivity contribution >= 4 is 0 Å². The normalized spacial score (nSPS) is 12.9. The molecule has 0 amide bonds. The smallest absolute Gasteiger partial charge is 0.183 e. The van der Waals surface area contributed by atoms with Crippen LogP contribution in [-0.2, 0) is 15.9 Å². The van der Waals surface area contributed by atoms with Crippen molar-refractivity contribution in [3.8, 4) is 0 Å². The molecule has 1 unspecified atom stereocenters. The third-order valence-corrected chi connectivity index (χ3v) is 2.55. The molecule has 0 fully saturated rings. The number of aliphatic hydroxyl groups is 1. The van der Waals surface area contributed by atoms with E-state index in [2.05, 4.69) is 12.1 Å². The lowest BCUT2D eigenvalue weighted by Gasteiger charge is -2.22. The van der Waals surface area contributed by atoms with Gasteiger partial charge in [-0.15, -0.1) is 0 Å². The van der Waals surface area contributed by atoms with Gasteiger partial charge >= 0.3 is 0 Å². The predicted molar refractivity (Wildman–Crippen MR) is 67.8 cm³/mol. The van der Waals surface area contributed by atoms with E-state index in [1.807, 2.05) is 32.0 Å². The molecule has 0 aliphatic carbocycles. The SMILES string of the molecule is CCOC(OCC)C(O)CCc1ccccc1. The minimum absolute atomic E-state index is 0.506. The van der Waals surface area contributed by atoms with E-state index in [0.29, 0.717) is 19.6 Å². The summed E-state index contributed by atoms with van der Waals surface area (Å²) in [5.41, 5.74) is 1.22. The molecule has 1 aromatic carbocycles. The minimum atomic E-state index is -0.574. The molecular weight excluding hydrogens is 216 g/mol. The lowest BCUT2D eigenvalue weighted by atomic mass is 10.1. The van der Waals surface area contributed by atoms with Crippen LogP contribution in [-0.4, -0.2) is 30.7 Å². The van der Waals surface area contributed by atoms with Gasteiger partial charge in [-0.1, -0.05) is 30.3 Å². The second-order valence-corrected chi connectivity index (χ2v) is 3.87. The summed E-state index contributed by atoms with van der Waals surface area (Å²) in [7, 11) is 0. The summed E-state index contributed by atoms with van der Waals surface area (Å²) < 4.78 is 10.7. The third-order valence-electron chi connectivity index (χ3n) is 2.55. The summed E-state index contributed by atoms with van der Waals surface area (Å²) in [5, 5.41) is 9.98. The second-order valence-electron chi connectivity index (χ2n) is 3.87. The number of rotatable bonds is 8. The Morgan fingerprint density at radius 3 is 2.18 bits per heavy atom. The van der Waals surface area contributed by atoms with Crippen LogP contribution in [0.3, 0.4) is 0 Å². The van der Waals surface area contributed by atoms with Crippen molar-refractivity contribution in [1.29, 1.82) is 0 Å². The highest BCUT2D eigenvalue weighted by Gasteiger charge is 2.19. The first-order valence-corrected chi connectivity index (χ1v) is 6.23. The molecule has 1 atom stereocenters. The zero-order valence-corrected chi connectivity index (χ0v) is 10.6. The standard InChI is InChI=1S/C14H22O3/c1-3-16-14(17-4-2)13(15)11-10-12-8-6-5-7-9-12/h5-9,13-15H,3-4,10-11H2,1-2H3. The maximum absolute atomic E-state index is 9.98. The predicted octanol–water partition coefficient (Wildman–Crippen LogP) is 2.38. The number of hydrogen-bond acceptors (Lipinski definition) is 3. The van der Waals surface area contributed by atoms with Crippen molar-refractivity contribution in [2.75, 3.05) is 13.2 Å². The lowest BCUT2D eigenvalue weighted by Crippen LogP contribution is -2.32. The van der Waals surface area contributed by atoms with Gasteiger partial charge in [0.25, 0.3) is 0 Å². The zero-order chi connectivity index (χ0) is 12.5. The molecule has 0 spiro atoms. The van der Waals surface area contributed by atoms with E-state index in [9.17, 15) is 5.11 Å². The fourth-order valence-electron chi connectivity index (χ4n) is 1.69. The number of aryl methyl sites for hydroxylation is 1. The van der Waals surface area contributed by atoms with Crippen LogP contribution < -0.4 is 0 Å². The molecule has 3 nitrogen and oxygen atoms in total. The average molecular weight is 238 g/mol. The molecule has 1 N–H and O–H groups in total. The summed E-state index contributed by atoms with van der Waals surface area (Å²) in [5.74, 6) is 0. The van der Waals surface area contributed by atoms with Gasteiger partial charge in [-0.25, -0.2) is 0 Å². The highest BCUT2D eigenvalue weighted by molar-refractivity contribution is 5.14. The summed E-state index contributed by atoms with van der Waals surface area (Å²) >= 11 is 0. The summed E-state index contributed by atoms with van der Waals surface area (Å²) in [6.07, 6.45) is 0.400. The van der Waals surface area contributed by atoms with Gasteiger partial charge in [-0.05, 0) is 32.3 Å². The van der Waals surface area contributed by atoms with Crippen molar-refractivity contribution < 1.29 is 14.6 Å². The fourth-order valence-corrected chi connectivity index (χ4v) is 1.69. The molecule has 0 aromatic heterocycles. The first-order valence-electron chi connectivity index (χ1n) is 6.23. The molecule has 96 valence electrons. The van der Waals surface area contributed by atoms with E-state index in [0.717, 1.165) is 6.42 Å². The van der Waals surface area contributed by atoms with Crippen LogP contribution in [0.2, 0.25) is 0 Å². The molecule has 1 aromatic rings. The topological polar surface area (TPSA) is 38.7 Å². The molecule has 0 radical (unpaired) electrons. The van der Waals surface area contributed by atoms with Crippen LogP contribution in [0, 0.1) is 0 Å². The van der Waals surface area contributed by atoms with E-state index in [-0.39, 0.29) is 0 Å². The molecule has 17 heavy (non-hydrogen) atoms. The monoisotopic (exact) mass is 238 g/mol. The van der Waals surface area contributed by atoms with Gasteiger partial charge < -0.3 is 14.6 Å². The first kappa shape index (κ1) is 14.2. The molecule has 1 rings (SSSR count). The van der Waals surface area contributed by atoms with E-state index in [1.165, 1.54) is 5.56 Å². The molecule has 0 aliphatic heterocycles. The van der Waals surface area contributed by atoms with Crippen molar-refractivity contribution in [2.45, 2.75) is 39.1 Å². The summed E-state index contributed by atoms with van der Waals surface area (Å²) in [4.78, 5) is 0. The Balaban J connectivity index is 2.38. The molecule has 3 heteroatoms. The van der Waals surface area contributed by atoms with Crippen molar-refractivity contribution in [3.63, 3.8) is 0 Å². The van der Waals surface area contributed by atoms with Crippen LogP contribution >= 0.6 is 0 Å². The van der Waals surface area contributed by atoms with Gasteiger partial charge in [0.15, 0.2) is 6.29 Å². The maximum Gasteiger partial charge on any atom is 0.183 e. The van der Waals surface area contributed by atoms with Gasteiger partial charge in [0.1, 0.15) is 6.10 Å². The van der Waals surface area contributed by atoms with E-state index >= 15 is 0 Å². The van der Waals surface area contributed by atoms with Crippen molar-refractivity contribution in [3.05, 3.63) is 35.9 Å².